The van der Waals surface area contributed by atoms with Crippen LogP contribution in [0.15, 0.2) is 0 Å². The molecule has 3 nitrogen and oxygen atoms in total. The predicted molar refractivity (Wildman–Crippen MR) is 62.1 cm³/mol. The summed E-state index contributed by atoms with van der Waals surface area (Å²) in [4.78, 5) is 2.67. The van der Waals surface area contributed by atoms with Gasteiger partial charge in [0.2, 0.25) is 0 Å². The van der Waals surface area contributed by atoms with Crippen molar-refractivity contribution in [1.82, 2.24) is 10.2 Å². The molecule has 1 N–H and O–H groups in total. The van der Waals surface area contributed by atoms with Crippen molar-refractivity contribution >= 4 is 0 Å². The first-order valence-corrected chi connectivity index (χ1v) is 6.35. The fourth-order valence-corrected chi connectivity index (χ4v) is 2.77. The molecule has 0 aromatic rings. The normalized spacial score (nSPS) is 40.0. The van der Waals surface area contributed by atoms with Crippen LogP contribution in [0.4, 0.5) is 0 Å². The molecule has 2 heterocycles. The summed E-state index contributed by atoms with van der Waals surface area (Å²) in [5, 5.41) is 3.48. The highest BCUT2D eigenvalue weighted by molar-refractivity contribution is 4.83. The number of hydrogen-bond donors (Lipinski definition) is 1. The molecule has 88 valence electrons. The van der Waals surface area contributed by atoms with E-state index >= 15 is 0 Å². The van der Waals surface area contributed by atoms with Gasteiger partial charge in [0.1, 0.15) is 0 Å². The maximum absolute atomic E-state index is 5.69. The lowest BCUT2D eigenvalue weighted by Gasteiger charge is -2.41. The van der Waals surface area contributed by atoms with E-state index in [0.29, 0.717) is 12.1 Å². The van der Waals surface area contributed by atoms with E-state index in [1.54, 1.807) is 0 Å². The van der Waals surface area contributed by atoms with E-state index in [-0.39, 0.29) is 0 Å². The minimum Gasteiger partial charge on any atom is -0.376 e. The molecule has 0 aliphatic carbocycles. The van der Waals surface area contributed by atoms with Crippen LogP contribution in [0.25, 0.3) is 0 Å². The van der Waals surface area contributed by atoms with Gasteiger partial charge in [-0.15, -0.1) is 0 Å². The van der Waals surface area contributed by atoms with Crippen molar-refractivity contribution in [2.45, 2.75) is 51.3 Å². The Morgan fingerprint density at radius 1 is 1.20 bits per heavy atom. The second kappa shape index (κ2) is 5.28. The molecule has 15 heavy (non-hydrogen) atoms. The van der Waals surface area contributed by atoms with E-state index in [2.05, 4.69) is 24.1 Å². The van der Waals surface area contributed by atoms with E-state index in [4.69, 9.17) is 4.74 Å². The van der Waals surface area contributed by atoms with Crippen molar-refractivity contribution in [2.24, 2.45) is 0 Å². The highest BCUT2D eigenvalue weighted by atomic mass is 16.5. The van der Waals surface area contributed by atoms with Gasteiger partial charge in [-0.1, -0.05) is 0 Å². The molecule has 0 bridgehead atoms. The van der Waals surface area contributed by atoms with E-state index in [0.717, 1.165) is 19.2 Å². The van der Waals surface area contributed by atoms with Crippen molar-refractivity contribution < 1.29 is 4.74 Å². The van der Waals surface area contributed by atoms with E-state index < -0.39 is 0 Å². The van der Waals surface area contributed by atoms with E-state index in [1.165, 1.54) is 32.4 Å². The van der Waals surface area contributed by atoms with Crippen LogP contribution in [0.3, 0.4) is 0 Å². The maximum Gasteiger partial charge on any atom is 0.0674 e. The zero-order valence-electron chi connectivity index (χ0n) is 10.0. The molecule has 0 aromatic carbocycles. The summed E-state index contributed by atoms with van der Waals surface area (Å²) in [6, 6.07) is 1.38. The maximum atomic E-state index is 5.69. The van der Waals surface area contributed by atoms with Gasteiger partial charge < -0.3 is 10.1 Å². The zero-order valence-corrected chi connectivity index (χ0v) is 10.0. The summed E-state index contributed by atoms with van der Waals surface area (Å²) >= 11 is 0. The van der Waals surface area contributed by atoms with Gasteiger partial charge in [0, 0.05) is 18.6 Å². The quantitative estimate of drug-likeness (QED) is 0.708. The van der Waals surface area contributed by atoms with Crippen molar-refractivity contribution in [1.29, 1.82) is 0 Å². The molecule has 0 amide bonds. The molecule has 2 aliphatic rings. The number of nitrogens with one attached hydrogen (secondary N) is 1. The molecule has 2 aliphatic heterocycles. The summed E-state index contributed by atoms with van der Waals surface area (Å²) in [5.74, 6) is 0. The second-order valence-corrected chi connectivity index (χ2v) is 5.02. The predicted octanol–water partition coefficient (Wildman–Crippen LogP) is 1.24. The topological polar surface area (TPSA) is 24.5 Å². The number of morpholine rings is 1. The SMILES string of the molecule is CC1CN(C2CCCNCC2)C(C)CO1. The standard InChI is InChI=1S/C12H24N2O/c1-10-9-15-11(2)8-14(10)12-4-3-6-13-7-5-12/h10-13H,3-9H2,1-2H3. The fourth-order valence-electron chi connectivity index (χ4n) is 2.77. The first-order chi connectivity index (χ1) is 7.27. The van der Waals surface area contributed by atoms with Gasteiger partial charge in [-0.05, 0) is 46.2 Å². The highest BCUT2D eigenvalue weighted by Crippen LogP contribution is 2.20. The molecule has 2 fully saturated rings. The smallest absolute Gasteiger partial charge is 0.0674 e. The van der Waals surface area contributed by atoms with Crippen molar-refractivity contribution in [2.75, 3.05) is 26.2 Å². The molecule has 0 radical (unpaired) electrons. The summed E-state index contributed by atoms with van der Waals surface area (Å²) in [6.45, 7) is 8.89. The number of rotatable bonds is 1. The van der Waals surface area contributed by atoms with E-state index in [9.17, 15) is 0 Å². The molecule has 0 spiro atoms. The van der Waals surface area contributed by atoms with Gasteiger partial charge in [0.25, 0.3) is 0 Å². The Morgan fingerprint density at radius 2 is 2.07 bits per heavy atom. The second-order valence-electron chi connectivity index (χ2n) is 5.02. The summed E-state index contributed by atoms with van der Waals surface area (Å²) in [7, 11) is 0. The van der Waals surface area contributed by atoms with Gasteiger partial charge in [-0.2, -0.15) is 0 Å². The Labute approximate surface area is 93.2 Å². The van der Waals surface area contributed by atoms with Gasteiger partial charge in [0.15, 0.2) is 0 Å². The molecule has 3 heteroatoms. The number of hydrogen-bond acceptors (Lipinski definition) is 3. The number of ether oxygens (including phenoxy) is 1. The molecule has 0 saturated carbocycles. The highest BCUT2D eigenvalue weighted by Gasteiger charge is 2.29. The monoisotopic (exact) mass is 212 g/mol. The van der Waals surface area contributed by atoms with Crippen LogP contribution in [-0.2, 0) is 4.74 Å². The zero-order chi connectivity index (χ0) is 10.7. The van der Waals surface area contributed by atoms with Crippen LogP contribution in [0, 0.1) is 0 Å². The van der Waals surface area contributed by atoms with E-state index in [1.807, 2.05) is 0 Å². The minimum absolute atomic E-state index is 0.414. The third-order valence-corrected chi connectivity index (χ3v) is 3.67. The number of nitrogens with zero attached hydrogens (tertiary/aromatic N) is 1. The van der Waals surface area contributed by atoms with Gasteiger partial charge in [-0.3, -0.25) is 4.90 Å². The first-order valence-electron chi connectivity index (χ1n) is 6.35. The lowest BCUT2D eigenvalue weighted by molar-refractivity contribution is -0.0675. The van der Waals surface area contributed by atoms with Crippen LogP contribution in [0.2, 0.25) is 0 Å². The largest absolute Gasteiger partial charge is 0.376 e. The Bertz CT molecular complexity index is 190. The van der Waals surface area contributed by atoms with Gasteiger partial charge >= 0.3 is 0 Å². The molecule has 0 aromatic heterocycles. The summed E-state index contributed by atoms with van der Waals surface area (Å²) < 4.78 is 5.69. The minimum atomic E-state index is 0.414. The average Bonchev–Trinajstić information content (AvgIpc) is 2.50. The van der Waals surface area contributed by atoms with Crippen molar-refractivity contribution in [3.05, 3.63) is 0 Å². The molecule has 3 atom stereocenters. The molecule has 2 rings (SSSR count). The summed E-state index contributed by atoms with van der Waals surface area (Å²) in [5.41, 5.74) is 0. The van der Waals surface area contributed by atoms with Crippen LogP contribution < -0.4 is 5.32 Å². The molecule has 3 unspecified atom stereocenters. The Morgan fingerprint density at radius 3 is 2.93 bits per heavy atom. The van der Waals surface area contributed by atoms with Crippen LogP contribution >= 0.6 is 0 Å². The summed E-state index contributed by atoms with van der Waals surface area (Å²) in [6.07, 6.45) is 4.39. The van der Waals surface area contributed by atoms with Crippen LogP contribution in [0.5, 0.6) is 0 Å². The molecular weight excluding hydrogens is 188 g/mol. The Kier molecular flexibility index (Phi) is 4.00. The molecular formula is C12H24N2O. The van der Waals surface area contributed by atoms with Crippen molar-refractivity contribution in [3.63, 3.8) is 0 Å². The van der Waals surface area contributed by atoms with Gasteiger partial charge in [0.05, 0.1) is 12.7 Å². The van der Waals surface area contributed by atoms with Crippen LogP contribution in [0.1, 0.15) is 33.1 Å². The lowest BCUT2D eigenvalue weighted by atomic mass is 10.0. The van der Waals surface area contributed by atoms with Gasteiger partial charge in [-0.25, -0.2) is 0 Å². The lowest BCUT2D eigenvalue weighted by Crippen LogP contribution is -2.52. The first kappa shape index (κ1) is 11.4. The third-order valence-electron chi connectivity index (χ3n) is 3.67. The fraction of sp³-hybridized carbons (Fsp3) is 1.00. The average molecular weight is 212 g/mol. The van der Waals surface area contributed by atoms with Crippen molar-refractivity contribution in [3.8, 4) is 0 Å². The van der Waals surface area contributed by atoms with Crippen LogP contribution in [-0.4, -0.2) is 49.3 Å². The molecule has 2 saturated heterocycles. The Hall–Kier alpha value is -0.120. The Balaban J connectivity index is 1.93. The third kappa shape index (κ3) is 2.92.